The van der Waals surface area contributed by atoms with Gasteiger partial charge in [0.05, 0.1) is 6.10 Å². The van der Waals surface area contributed by atoms with Crippen LogP contribution in [0.25, 0.3) is 0 Å². The van der Waals surface area contributed by atoms with E-state index in [9.17, 15) is 14.7 Å². The van der Waals surface area contributed by atoms with Crippen molar-refractivity contribution in [1.82, 2.24) is 10.2 Å². The molecule has 5 heteroatoms. The summed E-state index contributed by atoms with van der Waals surface area (Å²) >= 11 is 0. The number of rotatable bonds is 8. The minimum Gasteiger partial charge on any atom is -0.390 e. The van der Waals surface area contributed by atoms with Crippen molar-refractivity contribution < 1.29 is 14.7 Å². The van der Waals surface area contributed by atoms with Gasteiger partial charge < -0.3 is 15.3 Å². The lowest BCUT2D eigenvalue weighted by atomic mass is 9.93. The highest BCUT2D eigenvalue weighted by atomic mass is 16.3. The fourth-order valence-electron chi connectivity index (χ4n) is 1.63. The van der Waals surface area contributed by atoms with Crippen LogP contribution in [0.4, 0.5) is 0 Å². The molecule has 0 aromatic carbocycles. The van der Waals surface area contributed by atoms with Gasteiger partial charge in [-0.1, -0.05) is 31.7 Å². The van der Waals surface area contributed by atoms with E-state index in [0.717, 1.165) is 0 Å². The lowest BCUT2D eigenvalue weighted by Crippen LogP contribution is -2.52. The Morgan fingerprint density at radius 3 is 2.61 bits per heavy atom. The van der Waals surface area contributed by atoms with Gasteiger partial charge in [-0.2, -0.15) is 0 Å². The summed E-state index contributed by atoms with van der Waals surface area (Å²) in [6.45, 7) is 5.38. The molecule has 18 heavy (non-hydrogen) atoms. The second-order valence-corrected chi connectivity index (χ2v) is 4.20. The van der Waals surface area contributed by atoms with Gasteiger partial charge in [0.2, 0.25) is 12.3 Å². The number of nitrogens with one attached hydrogen (secondary N) is 1. The molecular formula is C13H22N2O3. The van der Waals surface area contributed by atoms with Crippen LogP contribution in [0.15, 0.2) is 24.8 Å². The smallest absolute Gasteiger partial charge is 0.245 e. The summed E-state index contributed by atoms with van der Waals surface area (Å²) in [6.07, 6.45) is 5.51. The second-order valence-electron chi connectivity index (χ2n) is 4.20. The number of likely N-dealkylation sites (N-methyl/N-ethyl adjacent to an activating group) is 2. The van der Waals surface area contributed by atoms with Crippen LogP contribution >= 0.6 is 0 Å². The van der Waals surface area contributed by atoms with Crippen molar-refractivity contribution in [3.8, 4) is 0 Å². The van der Waals surface area contributed by atoms with Gasteiger partial charge in [0.15, 0.2) is 0 Å². The van der Waals surface area contributed by atoms with Gasteiger partial charge >= 0.3 is 0 Å². The maximum absolute atomic E-state index is 11.7. The van der Waals surface area contributed by atoms with E-state index in [1.807, 2.05) is 13.0 Å². The zero-order valence-corrected chi connectivity index (χ0v) is 11.2. The number of hydrogen-bond acceptors (Lipinski definition) is 3. The predicted molar refractivity (Wildman–Crippen MR) is 70.8 cm³/mol. The van der Waals surface area contributed by atoms with Crippen molar-refractivity contribution in [2.75, 3.05) is 14.1 Å². The molecule has 5 nitrogen and oxygen atoms in total. The molecule has 0 aliphatic rings. The molecule has 0 aliphatic carbocycles. The first kappa shape index (κ1) is 16.4. The van der Waals surface area contributed by atoms with E-state index in [0.29, 0.717) is 12.8 Å². The predicted octanol–water partition coefficient (Wildman–Crippen LogP) is 0.318. The third-order valence-corrected chi connectivity index (χ3v) is 2.81. The van der Waals surface area contributed by atoms with Crippen molar-refractivity contribution in [2.45, 2.75) is 25.5 Å². The Hall–Kier alpha value is -1.62. The maximum atomic E-state index is 11.7. The van der Waals surface area contributed by atoms with Gasteiger partial charge in [-0.15, -0.1) is 0 Å². The molecule has 0 unspecified atom stereocenters. The molecule has 0 bridgehead atoms. The summed E-state index contributed by atoms with van der Waals surface area (Å²) in [5.74, 6) is -0.525. The summed E-state index contributed by atoms with van der Waals surface area (Å²) < 4.78 is 0. The molecule has 3 atom stereocenters. The number of aliphatic hydroxyl groups is 1. The van der Waals surface area contributed by atoms with Crippen molar-refractivity contribution in [2.24, 2.45) is 5.92 Å². The number of carbonyl (C=O) groups is 2. The molecule has 0 spiro atoms. The summed E-state index contributed by atoms with van der Waals surface area (Å²) in [7, 11) is 2.95. The molecule has 0 rings (SSSR count). The Morgan fingerprint density at radius 1 is 1.56 bits per heavy atom. The van der Waals surface area contributed by atoms with Gasteiger partial charge in [0.25, 0.3) is 0 Å². The molecule has 0 aromatic rings. The molecular weight excluding hydrogens is 232 g/mol. The molecule has 0 aliphatic heterocycles. The molecule has 0 fully saturated rings. The summed E-state index contributed by atoms with van der Waals surface area (Å²) in [5, 5.41) is 12.6. The Balaban J connectivity index is 4.77. The lowest BCUT2D eigenvalue weighted by molar-refractivity contribution is -0.137. The molecule has 2 amide bonds. The van der Waals surface area contributed by atoms with Crippen molar-refractivity contribution in [3.05, 3.63) is 24.8 Å². The quantitative estimate of drug-likeness (QED) is 0.484. The molecule has 2 N–H and O–H groups in total. The molecule has 0 saturated carbocycles. The first-order valence-corrected chi connectivity index (χ1v) is 5.84. The third kappa shape index (κ3) is 4.71. The van der Waals surface area contributed by atoms with Crippen LogP contribution in [0.1, 0.15) is 13.3 Å². The van der Waals surface area contributed by atoms with Crippen molar-refractivity contribution in [3.63, 3.8) is 0 Å². The second kappa shape index (κ2) is 8.47. The van der Waals surface area contributed by atoms with Crippen LogP contribution in [-0.2, 0) is 9.59 Å². The summed E-state index contributed by atoms with van der Waals surface area (Å²) in [4.78, 5) is 23.6. The van der Waals surface area contributed by atoms with Crippen LogP contribution in [0.2, 0.25) is 0 Å². The molecule has 0 radical (unpaired) electrons. The Bertz CT molecular complexity index is 315. The highest BCUT2D eigenvalue weighted by molar-refractivity contribution is 5.84. The normalized spacial score (nSPS) is 15.8. The Morgan fingerprint density at radius 2 is 2.17 bits per heavy atom. The highest BCUT2D eigenvalue weighted by Gasteiger charge is 2.32. The zero-order chi connectivity index (χ0) is 14.1. The third-order valence-electron chi connectivity index (χ3n) is 2.81. The van der Waals surface area contributed by atoms with E-state index in [1.54, 1.807) is 12.2 Å². The summed E-state index contributed by atoms with van der Waals surface area (Å²) in [6, 6.07) is -0.875. The van der Waals surface area contributed by atoms with Gasteiger partial charge in [-0.05, 0) is 12.3 Å². The van der Waals surface area contributed by atoms with E-state index < -0.39 is 12.1 Å². The zero-order valence-electron chi connectivity index (χ0n) is 11.2. The largest absolute Gasteiger partial charge is 0.390 e. The average Bonchev–Trinajstić information content (AvgIpc) is 2.38. The maximum Gasteiger partial charge on any atom is 0.245 e. The highest BCUT2D eigenvalue weighted by Crippen LogP contribution is 2.15. The van der Waals surface area contributed by atoms with Crippen LogP contribution in [0.5, 0.6) is 0 Å². The van der Waals surface area contributed by atoms with E-state index in [2.05, 4.69) is 11.9 Å². The number of nitrogens with zero attached hydrogens (tertiary/aromatic N) is 1. The van der Waals surface area contributed by atoms with Gasteiger partial charge in [-0.3, -0.25) is 9.59 Å². The van der Waals surface area contributed by atoms with Crippen LogP contribution in [0, 0.1) is 5.92 Å². The Kier molecular flexibility index (Phi) is 7.71. The van der Waals surface area contributed by atoms with E-state index >= 15 is 0 Å². The van der Waals surface area contributed by atoms with Gasteiger partial charge in [0.1, 0.15) is 6.04 Å². The minimum absolute atomic E-state index is 0.147. The average molecular weight is 254 g/mol. The fraction of sp³-hybridized carbons (Fsp3) is 0.538. The minimum atomic E-state index is -0.922. The monoisotopic (exact) mass is 254 g/mol. The van der Waals surface area contributed by atoms with Gasteiger partial charge in [-0.25, -0.2) is 0 Å². The number of amides is 2. The first-order valence-electron chi connectivity index (χ1n) is 5.84. The molecule has 0 saturated heterocycles. The van der Waals surface area contributed by atoms with E-state index in [1.165, 1.54) is 19.0 Å². The topological polar surface area (TPSA) is 69.6 Å². The van der Waals surface area contributed by atoms with E-state index in [-0.39, 0.29) is 11.8 Å². The summed E-state index contributed by atoms with van der Waals surface area (Å²) in [5.41, 5.74) is 0. The van der Waals surface area contributed by atoms with Crippen molar-refractivity contribution >= 4 is 12.3 Å². The van der Waals surface area contributed by atoms with Crippen LogP contribution < -0.4 is 5.32 Å². The standard InChI is InChI=1S/C13H22N2O3/c1-5-6-7-8-10(2)12(17)11(13(18)14-3)15(4)9-16/h5-7,9-12,17H,1,8H2,2-4H3,(H,14,18)/b7-6+/t10-,11+,12-/m1/s1. The molecule has 102 valence electrons. The van der Waals surface area contributed by atoms with Crippen LogP contribution in [0.3, 0.4) is 0 Å². The number of allylic oxidation sites excluding steroid dienone is 3. The molecule has 0 aromatic heterocycles. The van der Waals surface area contributed by atoms with Gasteiger partial charge in [0, 0.05) is 14.1 Å². The molecule has 0 heterocycles. The van der Waals surface area contributed by atoms with Crippen molar-refractivity contribution in [1.29, 1.82) is 0 Å². The fourth-order valence-corrected chi connectivity index (χ4v) is 1.63. The Labute approximate surface area is 108 Å². The number of aliphatic hydroxyl groups excluding tert-OH is 1. The first-order chi connectivity index (χ1) is 8.49. The van der Waals surface area contributed by atoms with E-state index in [4.69, 9.17) is 0 Å². The SMILES string of the molecule is C=C/C=C/C[C@@H](C)[C@@H](O)[C@@H](C(=O)NC)N(C)C=O. The lowest BCUT2D eigenvalue weighted by Gasteiger charge is -2.30. The number of carbonyl (C=O) groups excluding carboxylic acids is 2. The van der Waals surface area contributed by atoms with Crippen LogP contribution in [-0.4, -0.2) is 48.6 Å². The number of hydrogen-bond donors (Lipinski definition) is 2.